The van der Waals surface area contributed by atoms with Crippen LogP contribution in [-0.4, -0.2) is 30.6 Å². The molecule has 0 spiro atoms. The van der Waals surface area contributed by atoms with Crippen molar-refractivity contribution in [3.05, 3.63) is 92.1 Å². The zero-order chi connectivity index (χ0) is 23.0. The Morgan fingerprint density at radius 1 is 1.06 bits per heavy atom. The maximum Gasteiger partial charge on any atom is 0.293 e. The van der Waals surface area contributed by atoms with Crippen molar-refractivity contribution in [2.75, 3.05) is 0 Å². The first kappa shape index (κ1) is 21.4. The molecule has 1 aliphatic rings. The van der Waals surface area contributed by atoms with E-state index in [1.807, 2.05) is 24.5 Å². The Kier molecular flexibility index (Phi) is 5.58. The smallest absolute Gasteiger partial charge is 0.293 e. The maximum absolute atomic E-state index is 12.9. The van der Waals surface area contributed by atoms with Crippen molar-refractivity contribution in [2.45, 2.75) is 20.4 Å². The lowest BCUT2D eigenvalue weighted by molar-refractivity contribution is -0.384. The van der Waals surface area contributed by atoms with Crippen molar-refractivity contribution in [1.29, 1.82) is 0 Å². The zero-order valence-electron chi connectivity index (χ0n) is 17.3. The molecule has 3 aromatic rings. The molecule has 2 amide bonds. The molecule has 0 aliphatic carbocycles. The van der Waals surface area contributed by atoms with Crippen LogP contribution in [0.25, 0.3) is 11.8 Å². The number of hydrogen-bond acceptors (Lipinski definition) is 6. The summed E-state index contributed by atoms with van der Waals surface area (Å²) in [6.07, 6.45) is 1.71. The largest absolute Gasteiger partial charge is 0.508 e. The number of aromatic nitrogens is 1. The topological polar surface area (TPSA) is 106 Å². The highest BCUT2D eigenvalue weighted by molar-refractivity contribution is 8.18. The number of phenols is 1. The highest BCUT2D eigenvalue weighted by Gasteiger charge is 2.35. The van der Waals surface area contributed by atoms with E-state index in [9.17, 15) is 24.8 Å². The molecule has 0 atom stereocenters. The number of carbonyl (C=O) groups is 2. The van der Waals surface area contributed by atoms with Gasteiger partial charge in [-0.3, -0.25) is 24.6 Å². The van der Waals surface area contributed by atoms with E-state index >= 15 is 0 Å². The van der Waals surface area contributed by atoms with Gasteiger partial charge in [0.1, 0.15) is 5.75 Å². The Morgan fingerprint density at radius 2 is 1.72 bits per heavy atom. The van der Waals surface area contributed by atoms with Gasteiger partial charge in [0.15, 0.2) is 0 Å². The number of hydrogen-bond donors (Lipinski definition) is 1. The summed E-state index contributed by atoms with van der Waals surface area (Å²) in [6, 6.07) is 14.5. The zero-order valence-corrected chi connectivity index (χ0v) is 18.1. The average molecular weight is 449 g/mol. The molecule has 0 unspecified atom stereocenters. The molecule has 1 aromatic heterocycles. The number of amides is 2. The van der Waals surface area contributed by atoms with Gasteiger partial charge in [-0.15, -0.1) is 0 Å². The number of imide groups is 1. The highest BCUT2D eigenvalue weighted by atomic mass is 32.2. The predicted molar refractivity (Wildman–Crippen MR) is 122 cm³/mol. The van der Waals surface area contributed by atoms with Gasteiger partial charge in [-0.05, 0) is 73.1 Å². The molecule has 1 fully saturated rings. The molecule has 0 bridgehead atoms. The number of nitro benzene ring substituents is 1. The number of aryl methyl sites for hydroxylation is 1. The first-order valence-corrected chi connectivity index (χ1v) is 10.5. The van der Waals surface area contributed by atoms with Crippen LogP contribution in [0.3, 0.4) is 0 Å². The molecule has 1 N–H and O–H groups in total. The van der Waals surface area contributed by atoms with Crippen LogP contribution in [-0.2, 0) is 11.3 Å². The summed E-state index contributed by atoms with van der Waals surface area (Å²) >= 11 is 0.874. The number of benzene rings is 2. The number of nitro groups is 1. The lowest BCUT2D eigenvalue weighted by atomic mass is 10.2. The predicted octanol–water partition coefficient (Wildman–Crippen LogP) is 4.94. The Bertz CT molecular complexity index is 1260. The molecule has 8 nitrogen and oxygen atoms in total. The average Bonchev–Trinajstić information content (AvgIpc) is 3.18. The number of rotatable bonds is 5. The Labute approximate surface area is 187 Å². The van der Waals surface area contributed by atoms with E-state index in [0.717, 1.165) is 39.3 Å². The minimum absolute atomic E-state index is 0.0481. The second kappa shape index (κ2) is 8.35. The Balaban J connectivity index is 1.58. The Hall–Kier alpha value is -3.85. The van der Waals surface area contributed by atoms with Crippen molar-refractivity contribution in [2.24, 2.45) is 0 Å². The third-order valence-corrected chi connectivity index (χ3v) is 6.13. The number of carbonyl (C=O) groups excluding carboxylic acids is 2. The van der Waals surface area contributed by atoms with Crippen LogP contribution in [0, 0.1) is 24.0 Å². The van der Waals surface area contributed by atoms with Crippen LogP contribution in [0.4, 0.5) is 10.5 Å². The normalized spacial score (nSPS) is 15.1. The van der Waals surface area contributed by atoms with Crippen LogP contribution >= 0.6 is 11.8 Å². The van der Waals surface area contributed by atoms with E-state index < -0.39 is 10.8 Å². The fourth-order valence-electron chi connectivity index (χ4n) is 3.62. The standard InChI is InChI=1S/C23H19N3O5S/c1-14-11-17(15(2)25(14)18-7-9-20(27)10-8-18)12-21-22(28)24(23(29)32-21)13-16-3-5-19(6-4-16)26(30)31/h3-12,27H,13H2,1-2H3/b21-12-. The van der Waals surface area contributed by atoms with Crippen LogP contribution in [0.15, 0.2) is 59.5 Å². The molecular formula is C23H19N3O5S. The van der Waals surface area contributed by atoms with Crippen LogP contribution in [0.2, 0.25) is 0 Å². The molecule has 1 saturated heterocycles. The molecule has 4 rings (SSSR count). The number of thioether (sulfide) groups is 1. The molecule has 32 heavy (non-hydrogen) atoms. The summed E-state index contributed by atoms with van der Waals surface area (Å²) in [6.45, 7) is 3.91. The van der Waals surface area contributed by atoms with Crippen LogP contribution < -0.4 is 0 Å². The molecule has 0 saturated carbocycles. The second-order valence-electron chi connectivity index (χ2n) is 7.37. The first-order chi connectivity index (χ1) is 15.2. The highest BCUT2D eigenvalue weighted by Crippen LogP contribution is 2.35. The van der Waals surface area contributed by atoms with Crippen LogP contribution in [0.1, 0.15) is 22.5 Å². The van der Waals surface area contributed by atoms with Gasteiger partial charge in [0.05, 0.1) is 16.4 Å². The minimum Gasteiger partial charge on any atom is -0.508 e. The fraction of sp³-hybridized carbons (Fsp3) is 0.130. The summed E-state index contributed by atoms with van der Waals surface area (Å²) in [7, 11) is 0. The van der Waals surface area contributed by atoms with Crippen molar-refractivity contribution in [1.82, 2.24) is 9.47 Å². The summed E-state index contributed by atoms with van der Waals surface area (Å²) < 4.78 is 2.01. The fourth-order valence-corrected chi connectivity index (χ4v) is 4.45. The molecule has 1 aliphatic heterocycles. The molecule has 2 heterocycles. The van der Waals surface area contributed by atoms with E-state index in [1.54, 1.807) is 30.3 Å². The third kappa shape index (κ3) is 4.02. The van der Waals surface area contributed by atoms with Gasteiger partial charge in [-0.2, -0.15) is 0 Å². The van der Waals surface area contributed by atoms with Crippen molar-refractivity contribution in [3.63, 3.8) is 0 Å². The SMILES string of the molecule is Cc1cc(/C=C2\SC(=O)N(Cc3ccc([N+](=O)[O-])cc3)C2=O)c(C)n1-c1ccc(O)cc1. The summed E-state index contributed by atoms with van der Waals surface area (Å²) in [5, 5.41) is 20.0. The van der Waals surface area contributed by atoms with Gasteiger partial charge in [0.2, 0.25) is 0 Å². The van der Waals surface area contributed by atoms with Gasteiger partial charge < -0.3 is 9.67 Å². The van der Waals surface area contributed by atoms with E-state index in [-0.39, 0.29) is 23.2 Å². The number of nitrogens with zero attached hydrogens (tertiary/aromatic N) is 3. The monoisotopic (exact) mass is 449 g/mol. The second-order valence-corrected chi connectivity index (χ2v) is 8.36. The third-order valence-electron chi connectivity index (χ3n) is 5.23. The van der Waals surface area contributed by atoms with Gasteiger partial charge in [-0.25, -0.2) is 0 Å². The number of non-ortho nitro benzene ring substituents is 1. The molecule has 0 radical (unpaired) electrons. The van der Waals surface area contributed by atoms with E-state index in [0.29, 0.717) is 10.5 Å². The minimum atomic E-state index is -0.499. The lowest BCUT2D eigenvalue weighted by Crippen LogP contribution is -2.27. The molecule has 162 valence electrons. The Morgan fingerprint density at radius 3 is 2.34 bits per heavy atom. The lowest BCUT2D eigenvalue weighted by Gasteiger charge is -2.12. The maximum atomic E-state index is 12.9. The molecular weight excluding hydrogens is 430 g/mol. The summed E-state index contributed by atoms with van der Waals surface area (Å²) in [5.74, 6) is -0.217. The molecule has 2 aromatic carbocycles. The van der Waals surface area contributed by atoms with Gasteiger partial charge >= 0.3 is 0 Å². The summed E-state index contributed by atoms with van der Waals surface area (Å²) in [4.78, 5) is 37.1. The molecule has 9 heteroatoms. The van der Waals surface area contributed by atoms with Crippen molar-refractivity contribution in [3.8, 4) is 11.4 Å². The number of aromatic hydroxyl groups is 1. The summed E-state index contributed by atoms with van der Waals surface area (Å²) in [5.41, 5.74) is 4.12. The van der Waals surface area contributed by atoms with E-state index in [1.165, 1.54) is 24.3 Å². The van der Waals surface area contributed by atoms with E-state index in [4.69, 9.17) is 0 Å². The first-order valence-electron chi connectivity index (χ1n) is 9.71. The van der Waals surface area contributed by atoms with Gasteiger partial charge in [0.25, 0.3) is 16.8 Å². The van der Waals surface area contributed by atoms with Crippen LogP contribution in [0.5, 0.6) is 5.75 Å². The number of phenolic OH excluding ortho intramolecular Hbond substituents is 1. The quantitative estimate of drug-likeness (QED) is 0.336. The van der Waals surface area contributed by atoms with E-state index in [2.05, 4.69) is 0 Å². The van der Waals surface area contributed by atoms with Gasteiger partial charge in [-0.1, -0.05) is 12.1 Å². The van der Waals surface area contributed by atoms with Gasteiger partial charge in [0, 0.05) is 29.2 Å². The van der Waals surface area contributed by atoms with Crippen molar-refractivity contribution < 1.29 is 19.6 Å². The van der Waals surface area contributed by atoms with Crippen molar-refractivity contribution >= 4 is 34.7 Å².